The molecule has 134 valence electrons. The molecule has 0 amide bonds. The Kier molecular flexibility index (Phi) is 3.81. The summed E-state index contributed by atoms with van der Waals surface area (Å²) in [7, 11) is 0. The van der Waals surface area contributed by atoms with Crippen LogP contribution in [0.4, 0.5) is 5.69 Å². The van der Waals surface area contributed by atoms with Gasteiger partial charge in [-0.1, -0.05) is 11.6 Å². The minimum atomic E-state index is -0.120. The molecule has 27 heavy (non-hydrogen) atoms. The minimum absolute atomic E-state index is 0.120. The van der Waals surface area contributed by atoms with Crippen molar-refractivity contribution in [2.75, 3.05) is 5.73 Å². The number of ketones is 1. The fourth-order valence-electron chi connectivity index (χ4n) is 3.26. The van der Waals surface area contributed by atoms with Gasteiger partial charge in [-0.15, -0.1) is 11.3 Å². The Labute approximate surface area is 164 Å². The average molecular weight is 395 g/mol. The number of hydrogen-bond donors (Lipinski definition) is 1. The van der Waals surface area contributed by atoms with Gasteiger partial charge in [-0.3, -0.25) is 4.79 Å². The van der Waals surface area contributed by atoms with Crippen molar-refractivity contribution in [2.45, 2.75) is 18.8 Å². The molecule has 0 atom stereocenters. The van der Waals surface area contributed by atoms with Crippen LogP contribution >= 0.6 is 22.9 Å². The van der Waals surface area contributed by atoms with Crippen LogP contribution in [0.25, 0.3) is 21.5 Å². The summed E-state index contributed by atoms with van der Waals surface area (Å²) in [6, 6.07) is 12.6. The van der Waals surface area contributed by atoms with Crippen molar-refractivity contribution in [3.8, 4) is 11.3 Å². The number of hydrogen-bond acceptors (Lipinski definition) is 5. The first-order chi connectivity index (χ1) is 13.1. The molecule has 4 aromatic rings. The van der Waals surface area contributed by atoms with Gasteiger partial charge in [-0.2, -0.15) is 0 Å². The normalized spacial score (nSPS) is 14.0. The second-order valence-electron chi connectivity index (χ2n) is 6.71. The van der Waals surface area contributed by atoms with E-state index in [-0.39, 0.29) is 5.78 Å². The number of pyridine rings is 1. The molecule has 0 unspecified atom stereocenters. The number of carbonyl (C=O) groups is 1. The summed E-state index contributed by atoms with van der Waals surface area (Å²) < 4.78 is 5.63. The number of nitrogen functional groups attached to an aromatic ring is 1. The lowest BCUT2D eigenvalue weighted by atomic mass is 10.0. The summed E-state index contributed by atoms with van der Waals surface area (Å²) in [5, 5.41) is 1.38. The fraction of sp³-hybridized carbons (Fsp3) is 0.143. The first-order valence-corrected chi connectivity index (χ1v) is 9.88. The van der Waals surface area contributed by atoms with E-state index in [1.807, 2.05) is 12.1 Å². The molecule has 6 heteroatoms. The quantitative estimate of drug-likeness (QED) is 0.437. The van der Waals surface area contributed by atoms with Crippen LogP contribution in [0.1, 0.15) is 39.7 Å². The third-order valence-electron chi connectivity index (χ3n) is 4.81. The van der Waals surface area contributed by atoms with Gasteiger partial charge < -0.3 is 10.2 Å². The zero-order valence-electron chi connectivity index (χ0n) is 14.2. The molecule has 0 saturated heterocycles. The van der Waals surface area contributed by atoms with Crippen LogP contribution in [0.15, 0.2) is 53.1 Å². The predicted molar refractivity (Wildman–Crippen MR) is 109 cm³/mol. The van der Waals surface area contributed by atoms with Crippen LogP contribution in [0.5, 0.6) is 0 Å². The number of fused-ring (bicyclic) bond motifs is 1. The summed E-state index contributed by atoms with van der Waals surface area (Å²) in [6.45, 7) is 0. The number of nitrogens with zero attached hydrogens (tertiary/aromatic N) is 1. The molecule has 3 aromatic heterocycles. The maximum Gasteiger partial charge on any atom is 0.205 e. The SMILES string of the molecule is Nc1c(C(=O)c2ccc(Cl)cc2)sc2nc(C3CC3)cc(-c3ccco3)c12. The van der Waals surface area contributed by atoms with E-state index in [4.69, 9.17) is 26.7 Å². The largest absolute Gasteiger partial charge is 0.464 e. The van der Waals surface area contributed by atoms with Gasteiger partial charge in [0.05, 0.1) is 12.0 Å². The van der Waals surface area contributed by atoms with Gasteiger partial charge in [0.25, 0.3) is 0 Å². The summed E-state index contributed by atoms with van der Waals surface area (Å²) in [5.41, 5.74) is 9.39. The van der Waals surface area contributed by atoms with Gasteiger partial charge in [0, 0.05) is 33.1 Å². The smallest absolute Gasteiger partial charge is 0.205 e. The molecule has 4 nitrogen and oxygen atoms in total. The number of halogens is 1. The molecule has 1 aliphatic carbocycles. The Morgan fingerprint density at radius 2 is 2.00 bits per heavy atom. The monoisotopic (exact) mass is 394 g/mol. The van der Waals surface area contributed by atoms with E-state index in [2.05, 4.69) is 6.07 Å². The molecule has 0 radical (unpaired) electrons. The molecule has 5 rings (SSSR count). The van der Waals surface area contributed by atoms with Gasteiger partial charge in [0.1, 0.15) is 15.5 Å². The second kappa shape index (κ2) is 6.22. The van der Waals surface area contributed by atoms with Crippen molar-refractivity contribution in [3.05, 3.63) is 69.9 Å². The van der Waals surface area contributed by atoms with Crippen molar-refractivity contribution in [1.29, 1.82) is 0 Å². The van der Waals surface area contributed by atoms with E-state index in [1.54, 1.807) is 30.5 Å². The van der Waals surface area contributed by atoms with Gasteiger partial charge >= 0.3 is 0 Å². The molecule has 1 saturated carbocycles. The highest BCUT2D eigenvalue weighted by atomic mass is 35.5. The van der Waals surface area contributed by atoms with Crippen LogP contribution in [0, 0.1) is 0 Å². The lowest BCUT2D eigenvalue weighted by molar-refractivity contribution is 0.104. The van der Waals surface area contributed by atoms with Crippen molar-refractivity contribution in [2.24, 2.45) is 0 Å². The van der Waals surface area contributed by atoms with Crippen molar-refractivity contribution in [3.63, 3.8) is 0 Å². The summed E-state index contributed by atoms with van der Waals surface area (Å²) in [4.78, 5) is 19.1. The molecule has 2 N–H and O–H groups in total. The van der Waals surface area contributed by atoms with Gasteiger partial charge in [-0.25, -0.2) is 4.98 Å². The number of nitrogens with two attached hydrogens (primary N) is 1. The lowest BCUT2D eigenvalue weighted by Gasteiger charge is -2.05. The third kappa shape index (κ3) is 2.83. The molecular weight excluding hydrogens is 380 g/mol. The first kappa shape index (κ1) is 16.5. The molecule has 1 aromatic carbocycles. The van der Waals surface area contributed by atoms with Crippen molar-refractivity contribution < 1.29 is 9.21 Å². The first-order valence-electron chi connectivity index (χ1n) is 8.69. The Balaban J connectivity index is 1.71. The van der Waals surface area contributed by atoms with Gasteiger partial charge in [-0.05, 0) is 55.3 Å². The number of furan rings is 1. The van der Waals surface area contributed by atoms with Crippen LogP contribution in [-0.4, -0.2) is 10.8 Å². The fourth-order valence-corrected chi connectivity index (χ4v) is 4.47. The van der Waals surface area contributed by atoms with Crippen LogP contribution in [-0.2, 0) is 0 Å². The zero-order valence-corrected chi connectivity index (χ0v) is 15.8. The molecule has 1 aliphatic rings. The lowest BCUT2D eigenvalue weighted by Crippen LogP contribution is -2.02. The highest BCUT2D eigenvalue weighted by molar-refractivity contribution is 7.21. The Hall–Kier alpha value is -2.63. The summed E-state index contributed by atoms with van der Waals surface area (Å²) in [6.07, 6.45) is 3.93. The highest BCUT2D eigenvalue weighted by Gasteiger charge is 2.29. The van der Waals surface area contributed by atoms with Gasteiger partial charge in [0.2, 0.25) is 5.78 Å². The molecule has 0 aliphatic heterocycles. The average Bonchev–Trinajstić information content (AvgIpc) is 3.28. The van der Waals surface area contributed by atoms with E-state index in [1.165, 1.54) is 11.3 Å². The van der Waals surface area contributed by atoms with E-state index >= 15 is 0 Å². The standard InChI is InChI=1S/C21H15ClN2O2S/c22-13-7-5-12(6-8-13)19(25)20-18(23)17-14(16-2-1-9-26-16)10-15(11-3-4-11)24-21(17)27-20/h1-2,5-11H,3-4,23H2. The molecule has 1 fully saturated rings. The zero-order chi connectivity index (χ0) is 18.5. The van der Waals surface area contributed by atoms with Crippen molar-refractivity contribution in [1.82, 2.24) is 4.98 Å². The second-order valence-corrected chi connectivity index (χ2v) is 8.14. The van der Waals surface area contributed by atoms with E-state index < -0.39 is 0 Å². The number of rotatable bonds is 4. The number of carbonyl (C=O) groups excluding carboxylic acids is 1. The molecular formula is C21H15ClN2O2S. The maximum atomic E-state index is 13.0. The number of aromatic nitrogens is 1. The predicted octanol–water partition coefficient (Wildman–Crippen LogP) is 5.90. The Bertz CT molecular complexity index is 1160. The van der Waals surface area contributed by atoms with E-state index in [0.29, 0.717) is 27.1 Å². The topological polar surface area (TPSA) is 69.1 Å². The highest BCUT2D eigenvalue weighted by Crippen LogP contribution is 2.45. The Morgan fingerprint density at radius 3 is 2.67 bits per heavy atom. The summed E-state index contributed by atoms with van der Waals surface area (Å²) >= 11 is 7.28. The minimum Gasteiger partial charge on any atom is -0.464 e. The molecule has 0 spiro atoms. The van der Waals surface area contributed by atoms with Gasteiger partial charge in [0.15, 0.2) is 0 Å². The van der Waals surface area contributed by atoms with Crippen LogP contribution in [0.2, 0.25) is 5.02 Å². The molecule has 3 heterocycles. The van der Waals surface area contributed by atoms with E-state index in [0.717, 1.165) is 40.1 Å². The number of thiophene rings is 1. The van der Waals surface area contributed by atoms with Crippen LogP contribution < -0.4 is 5.73 Å². The maximum absolute atomic E-state index is 13.0. The number of anilines is 1. The van der Waals surface area contributed by atoms with E-state index in [9.17, 15) is 4.79 Å². The molecule has 0 bridgehead atoms. The number of benzene rings is 1. The Morgan fingerprint density at radius 1 is 1.22 bits per heavy atom. The van der Waals surface area contributed by atoms with Crippen LogP contribution in [0.3, 0.4) is 0 Å². The van der Waals surface area contributed by atoms with Crippen molar-refractivity contribution >= 4 is 44.6 Å². The third-order valence-corrected chi connectivity index (χ3v) is 6.16. The summed E-state index contributed by atoms with van der Waals surface area (Å²) in [5.74, 6) is 1.10.